The molecule has 0 aliphatic rings. The predicted octanol–water partition coefficient (Wildman–Crippen LogP) is 2.43. The van der Waals surface area contributed by atoms with Crippen molar-refractivity contribution < 1.29 is 0 Å². The quantitative estimate of drug-likeness (QED) is 0.702. The number of hydrogen-bond donors (Lipinski definition) is 0. The number of hydrogen-bond acceptors (Lipinski definition) is 2. The third-order valence-corrected chi connectivity index (χ3v) is 2.78. The number of benzene rings is 1. The zero-order chi connectivity index (χ0) is 12.4. The van der Waals surface area contributed by atoms with Gasteiger partial charge in [0.25, 0.3) is 0 Å². The SMILES string of the molecule is Cc1ccn(Cc2cnn(-c3ccccc3)c2)n1. The molecule has 0 fully saturated rings. The van der Waals surface area contributed by atoms with Gasteiger partial charge in [0.1, 0.15) is 0 Å². The van der Waals surface area contributed by atoms with E-state index in [1.807, 2.05) is 71.3 Å². The monoisotopic (exact) mass is 238 g/mol. The summed E-state index contributed by atoms with van der Waals surface area (Å²) in [6.45, 7) is 2.74. The molecule has 0 N–H and O–H groups in total. The highest BCUT2D eigenvalue weighted by molar-refractivity contribution is 5.30. The largest absolute Gasteiger partial charge is 0.268 e. The minimum Gasteiger partial charge on any atom is -0.268 e. The second-order valence-electron chi connectivity index (χ2n) is 4.28. The molecule has 18 heavy (non-hydrogen) atoms. The van der Waals surface area contributed by atoms with Crippen LogP contribution in [0.5, 0.6) is 0 Å². The van der Waals surface area contributed by atoms with Crippen molar-refractivity contribution >= 4 is 0 Å². The van der Waals surface area contributed by atoms with E-state index in [1.54, 1.807) is 0 Å². The summed E-state index contributed by atoms with van der Waals surface area (Å²) in [6.07, 6.45) is 5.89. The number of rotatable bonds is 3. The Morgan fingerprint density at radius 2 is 1.94 bits per heavy atom. The fraction of sp³-hybridized carbons (Fsp3) is 0.143. The fourth-order valence-corrected chi connectivity index (χ4v) is 1.90. The van der Waals surface area contributed by atoms with Gasteiger partial charge in [-0.3, -0.25) is 4.68 Å². The smallest absolute Gasteiger partial charge is 0.0690 e. The Kier molecular flexibility index (Phi) is 2.68. The van der Waals surface area contributed by atoms with E-state index in [1.165, 1.54) is 0 Å². The van der Waals surface area contributed by atoms with Crippen LogP contribution in [0.3, 0.4) is 0 Å². The molecule has 4 heteroatoms. The van der Waals surface area contributed by atoms with E-state index in [9.17, 15) is 0 Å². The lowest BCUT2D eigenvalue weighted by atomic mass is 10.3. The normalized spacial score (nSPS) is 10.7. The van der Waals surface area contributed by atoms with E-state index in [-0.39, 0.29) is 0 Å². The van der Waals surface area contributed by atoms with Crippen molar-refractivity contribution in [3.8, 4) is 5.69 Å². The Morgan fingerprint density at radius 3 is 2.67 bits per heavy atom. The molecule has 0 amide bonds. The molecule has 1 aromatic carbocycles. The molecule has 90 valence electrons. The molecule has 0 saturated heterocycles. The molecule has 3 rings (SSSR count). The van der Waals surface area contributed by atoms with Crippen molar-refractivity contribution in [1.29, 1.82) is 0 Å². The van der Waals surface area contributed by atoms with Crippen LogP contribution >= 0.6 is 0 Å². The number of aryl methyl sites for hydroxylation is 1. The average molecular weight is 238 g/mol. The second-order valence-corrected chi connectivity index (χ2v) is 4.28. The maximum atomic E-state index is 4.37. The first kappa shape index (κ1) is 10.8. The van der Waals surface area contributed by atoms with Crippen molar-refractivity contribution in [2.24, 2.45) is 0 Å². The molecular formula is C14H14N4. The molecule has 0 bridgehead atoms. The highest BCUT2D eigenvalue weighted by atomic mass is 15.3. The van der Waals surface area contributed by atoms with Gasteiger partial charge in [-0.2, -0.15) is 10.2 Å². The molecule has 0 aliphatic heterocycles. The summed E-state index contributed by atoms with van der Waals surface area (Å²) >= 11 is 0. The predicted molar refractivity (Wildman–Crippen MR) is 69.6 cm³/mol. The van der Waals surface area contributed by atoms with Gasteiger partial charge in [-0.15, -0.1) is 0 Å². The highest BCUT2D eigenvalue weighted by Gasteiger charge is 2.02. The van der Waals surface area contributed by atoms with Gasteiger partial charge in [0.05, 0.1) is 24.1 Å². The molecular weight excluding hydrogens is 224 g/mol. The van der Waals surface area contributed by atoms with Crippen LogP contribution in [-0.2, 0) is 6.54 Å². The van der Waals surface area contributed by atoms with Gasteiger partial charge in [-0.1, -0.05) is 18.2 Å². The molecule has 0 saturated carbocycles. The summed E-state index contributed by atoms with van der Waals surface area (Å²) < 4.78 is 3.80. The number of nitrogens with zero attached hydrogens (tertiary/aromatic N) is 4. The lowest BCUT2D eigenvalue weighted by Crippen LogP contribution is -1.99. The van der Waals surface area contributed by atoms with Gasteiger partial charge >= 0.3 is 0 Å². The molecule has 2 aromatic heterocycles. The van der Waals surface area contributed by atoms with Crippen LogP contribution < -0.4 is 0 Å². The molecule has 4 nitrogen and oxygen atoms in total. The molecule has 0 spiro atoms. The van der Waals surface area contributed by atoms with Crippen LogP contribution in [0, 0.1) is 6.92 Å². The van der Waals surface area contributed by atoms with Crippen molar-refractivity contribution in [3.05, 3.63) is 66.2 Å². The lowest BCUT2D eigenvalue weighted by Gasteiger charge is -1.99. The summed E-state index contributed by atoms with van der Waals surface area (Å²) in [5, 5.41) is 8.73. The minimum atomic E-state index is 0.751. The van der Waals surface area contributed by atoms with E-state index in [2.05, 4.69) is 10.2 Å². The first-order chi connectivity index (χ1) is 8.81. The first-order valence-corrected chi connectivity index (χ1v) is 5.90. The van der Waals surface area contributed by atoms with Gasteiger partial charge in [-0.25, -0.2) is 4.68 Å². The van der Waals surface area contributed by atoms with Gasteiger partial charge < -0.3 is 0 Å². The topological polar surface area (TPSA) is 35.6 Å². The van der Waals surface area contributed by atoms with Crippen molar-refractivity contribution in [1.82, 2.24) is 19.6 Å². The third kappa shape index (κ3) is 2.18. The molecule has 0 radical (unpaired) electrons. The van der Waals surface area contributed by atoms with Crippen molar-refractivity contribution in [2.75, 3.05) is 0 Å². The van der Waals surface area contributed by atoms with Crippen LogP contribution in [0.15, 0.2) is 55.0 Å². The minimum absolute atomic E-state index is 0.751. The van der Waals surface area contributed by atoms with Crippen LogP contribution in [0.1, 0.15) is 11.3 Å². The number of aromatic nitrogens is 4. The Balaban J connectivity index is 1.82. The zero-order valence-corrected chi connectivity index (χ0v) is 10.2. The van der Waals surface area contributed by atoms with Crippen LogP contribution in [0.2, 0.25) is 0 Å². The molecule has 0 aliphatic carbocycles. The van der Waals surface area contributed by atoms with Crippen LogP contribution in [0.4, 0.5) is 0 Å². The fourth-order valence-electron chi connectivity index (χ4n) is 1.90. The van der Waals surface area contributed by atoms with Gasteiger partial charge in [0.15, 0.2) is 0 Å². The molecule has 3 aromatic rings. The van der Waals surface area contributed by atoms with E-state index in [0.717, 1.165) is 23.5 Å². The van der Waals surface area contributed by atoms with E-state index < -0.39 is 0 Å². The summed E-state index contributed by atoms with van der Waals surface area (Å²) in [5.41, 5.74) is 3.24. The zero-order valence-electron chi connectivity index (χ0n) is 10.2. The summed E-state index contributed by atoms with van der Waals surface area (Å²) in [4.78, 5) is 0. The Labute approximate surface area is 105 Å². The van der Waals surface area contributed by atoms with Crippen LogP contribution in [0.25, 0.3) is 5.69 Å². The Bertz CT molecular complexity index is 637. The first-order valence-electron chi connectivity index (χ1n) is 5.90. The van der Waals surface area contributed by atoms with Gasteiger partial charge in [0, 0.05) is 18.0 Å². The highest BCUT2D eigenvalue weighted by Crippen LogP contribution is 2.08. The van der Waals surface area contributed by atoms with Gasteiger partial charge in [-0.05, 0) is 25.1 Å². The van der Waals surface area contributed by atoms with E-state index in [4.69, 9.17) is 0 Å². The van der Waals surface area contributed by atoms with Crippen molar-refractivity contribution in [3.63, 3.8) is 0 Å². The standard InChI is InChI=1S/C14H14N4/c1-12-7-8-17(16-12)10-13-9-15-18(11-13)14-5-3-2-4-6-14/h2-9,11H,10H2,1H3. The van der Waals surface area contributed by atoms with Crippen LogP contribution in [-0.4, -0.2) is 19.6 Å². The number of para-hydroxylation sites is 1. The lowest BCUT2D eigenvalue weighted by molar-refractivity contribution is 0.679. The molecule has 2 heterocycles. The summed E-state index contributed by atoms with van der Waals surface area (Å²) in [6, 6.07) is 12.1. The molecule has 0 unspecified atom stereocenters. The maximum absolute atomic E-state index is 4.37. The second kappa shape index (κ2) is 4.49. The van der Waals surface area contributed by atoms with E-state index in [0.29, 0.717) is 0 Å². The molecule has 0 atom stereocenters. The Morgan fingerprint density at radius 1 is 1.11 bits per heavy atom. The third-order valence-electron chi connectivity index (χ3n) is 2.78. The summed E-state index contributed by atoms with van der Waals surface area (Å²) in [5.74, 6) is 0. The Hall–Kier alpha value is -2.36. The summed E-state index contributed by atoms with van der Waals surface area (Å²) in [7, 11) is 0. The van der Waals surface area contributed by atoms with Crippen molar-refractivity contribution in [2.45, 2.75) is 13.5 Å². The van der Waals surface area contributed by atoms with E-state index >= 15 is 0 Å². The van der Waals surface area contributed by atoms with Gasteiger partial charge in [0.2, 0.25) is 0 Å². The average Bonchev–Trinajstić information content (AvgIpc) is 3.01. The maximum Gasteiger partial charge on any atom is 0.0690 e.